The summed E-state index contributed by atoms with van der Waals surface area (Å²) in [5.74, 6) is 1.84. The van der Waals surface area contributed by atoms with Crippen LogP contribution in [0.3, 0.4) is 0 Å². The summed E-state index contributed by atoms with van der Waals surface area (Å²) in [7, 11) is 5.79. The van der Waals surface area contributed by atoms with Gasteiger partial charge in [-0.25, -0.2) is 9.97 Å². The van der Waals surface area contributed by atoms with Gasteiger partial charge in [-0.05, 0) is 14.1 Å². The van der Waals surface area contributed by atoms with Crippen molar-refractivity contribution in [2.75, 3.05) is 59.0 Å². The number of anilines is 1. The lowest BCUT2D eigenvalue weighted by Gasteiger charge is -2.26. The van der Waals surface area contributed by atoms with Crippen LogP contribution in [0.5, 0.6) is 5.88 Å². The largest absolute Gasteiger partial charge is 0.478 e. The molecular weight excluding hydrogens is 244 g/mol. The molecule has 1 atom stereocenters. The smallest absolute Gasteiger partial charge is 0.257 e. The molecule has 0 radical (unpaired) electrons. The lowest BCUT2D eigenvalue weighted by atomic mass is 10.1. The number of rotatable bonds is 4. The predicted octanol–water partition coefficient (Wildman–Crippen LogP) is 0.500. The van der Waals surface area contributed by atoms with Crippen LogP contribution in [0.2, 0.25) is 0 Å². The monoisotopic (exact) mass is 266 g/mol. The Morgan fingerprint density at radius 2 is 2.21 bits per heavy atom. The Morgan fingerprint density at radius 1 is 1.42 bits per heavy atom. The van der Waals surface area contributed by atoms with Gasteiger partial charge in [-0.3, -0.25) is 0 Å². The van der Waals surface area contributed by atoms with E-state index in [1.165, 1.54) is 0 Å². The molecule has 2 heterocycles. The second kappa shape index (κ2) is 6.68. The first-order valence-electron chi connectivity index (χ1n) is 6.53. The van der Waals surface area contributed by atoms with E-state index in [4.69, 9.17) is 9.47 Å². The third-order valence-corrected chi connectivity index (χ3v) is 3.10. The Balaban J connectivity index is 2.13. The highest BCUT2D eigenvalue weighted by Crippen LogP contribution is 2.24. The molecule has 0 saturated carbocycles. The molecule has 0 aliphatic carbocycles. The highest BCUT2D eigenvalue weighted by atomic mass is 16.5. The number of hydrogen-bond acceptors (Lipinski definition) is 6. The van der Waals surface area contributed by atoms with E-state index in [1.807, 2.05) is 0 Å². The maximum atomic E-state index is 5.68. The molecule has 2 rings (SSSR count). The summed E-state index contributed by atoms with van der Waals surface area (Å²) in [4.78, 5) is 13.0. The van der Waals surface area contributed by atoms with E-state index < -0.39 is 0 Å². The molecule has 0 N–H and O–H groups in total. The van der Waals surface area contributed by atoms with Crippen molar-refractivity contribution in [3.8, 4) is 5.88 Å². The van der Waals surface area contributed by atoms with Crippen molar-refractivity contribution in [1.82, 2.24) is 14.9 Å². The zero-order valence-electron chi connectivity index (χ0n) is 11.9. The van der Waals surface area contributed by atoms with Crippen LogP contribution in [0, 0.1) is 5.92 Å². The first kappa shape index (κ1) is 14.0. The highest BCUT2D eigenvalue weighted by molar-refractivity contribution is 5.47. The van der Waals surface area contributed by atoms with Gasteiger partial charge in [0.1, 0.15) is 0 Å². The predicted molar refractivity (Wildman–Crippen MR) is 73.7 cm³/mol. The van der Waals surface area contributed by atoms with Gasteiger partial charge in [0.25, 0.3) is 5.88 Å². The van der Waals surface area contributed by atoms with E-state index in [1.54, 1.807) is 19.5 Å². The molecule has 106 valence electrons. The second-order valence-corrected chi connectivity index (χ2v) is 5.04. The van der Waals surface area contributed by atoms with Gasteiger partial charge >= 0.3 is 0 Å². The molecule has 1 aliphatic heterocycles. The van der Waals surface area contributed by atoms with Gasteiger partial charge in [-0.2, -0.15) is 0 Å². The van der Waals surface area contributed by atoms with Crippen molar-refractivity contribution < 1.29 is 9.47 Å². The fraction of sp³-hybridized carbons (Fsp3) is 0.692. The Kier molecular flexibility index (Phi) is 4.93. The maximum Gasteiger partial charge on any atom is 0.257 e. The van der Waals surface area contributed by atoms with Gasteiger partial charge in [-0.15, -0.1) is 0 Å². The Hall–Kier alpha value is -1.40. The van der Waals surface area contributed by atoms with E-state index in [-0.39, 0.29) is 0 Å². The fourth-order valence-electron chi connectivity index (χ4n) is 2.38. The first-order valence-corrected chi connectivity index (χ1v) is 6.53. The summed E-state index contributed by atoms with van der Waals surface area (Å²) in [6.07, 6.45) is 3.35. The standard InChI is InChI=1S/C13H22N4O2/c1-16(2)8-11-9-17(6-7-19-10-11)12-13(18-3)15-5-4-14-12/h4-5,11H,6-10H2,1-3H3. The van der Waals surface area contributed by atoms with Crippen LogP contribution in [0.4, 0.5) is 5.82 Å². The Morgan fingerprint density at radius 3 is 2.95 bits per heavy atom. The van der Waals surface area contributed by atoms with Gasteiger partial charge in [0.15, 0.2) is 5.82 Å². The molecule has 6 heteroatoms. The van der Waals surface area contributed by atoms with Crippen molar-refractivity contribution in [1.29, 1.82) is 0 Å². The van der Waals surface area contributed by atoms with Gasteiger partial charge in [-0.1, -0.05) is 0 Å². The van der Waals surface area contributed by atoms with Gasteiger partial charge in [0.05, 0.1) is 20.3 Å². The average molecular weight is 266 g/mol. The minimum Gasteiger partial charge on any atom is -0.478 e. The van der Waals surface area contributed by atoms with Crippen LogP contribution in [-0.2, 0) is 4.74 Å². The summed E-state index contributed by atoms with van der Waals surface area (Å²) < 4.78 is 11.0. The molecule has 19 heavy (non-hydrogen) atoms. The summed E-state index contributed by atoms with van der Waals surface area (Å²) >= 11 is 0. The maximum absolute atomic E-state index is 5.68. The number of nitrogens with zero attached hydrogens (tertiary/aromatic N) is 4. The van der Waals surface area contributed by atoms with Crippen LogP contribution in [0.1, 0.15) is 0 Å². The quantitative estimate of drug-likeness (QED) is 0.791. The summed E-state index contributed by atoms with van der Waals surface area (Å²) in [5, 5.41) is 0. The van der Waals surface area contributed by atoms with Crippen molar-refractivity contribution in [3.63, 3.8) is 0 Å². The van der Waals surface area contributed by atoms with Crippen molar-refractivity contribution >= 4 is 5.82 Å². The average Bonchev–Trinajstić information content (AvgIpc) is 2.63. The molecule has 0 spiro atoms. The van der Waals surface area contributed by atoms with Gasteiger partial charge in [0, 0.05) is 37.9 Å². The Bertz CT molecular complexity index is 400. The fourth-order valence-corrected chi connectivity index (χ4v) is 2.38. The zero-order valence-corrected chi connectivity index (χ0v) is 11.9. The van der Waals surface area contributed by atoms with E-state index in [9.17, 15) is 0 Å². The second-order valence-electron chi connectivity index (χ2n) is 5.04. The van der Waals surface area contributed by atoms with Crippen LogP contribution in [0.15, 0.2) is 12.4 Å². The molecule has 0 amide bonds. The molecule has 0 bridgehead atoms. The van der Waals surface area contributed by atoms with E-state index in [0.717, 1.165) is 32.1 Å². The SMILES string of the molecule is COc1nccnc1N1CCOCC(CN(C)C)C1. The molecule has 1 unspecified atom stereocenters. The van der Waals surface area contributed by atoms with Crippen LogP contribution >= 0.6 is 0 Å². The number of aromatic nitrogens is 2. The van der Waals surface area contributed by atoms with Gasteiger partial charge < -0.3 is 19.3 Å². The molecule has 1 aromatic heterocycles. The summed E-state index contributed by atoms with van der Waals surface area (Å²) in [6.45, 7) is 4.23. The minimum atomic E-state index is 0.462. The lowest BCUT2D eigenvalue weighted by molar-refractivity contribution is 0.113. The molecule has 1 fully saturated rings. The summed E-state index contributed by atoms with van der Waals surface area (Å²) in [5.41, 5.74) is 0. The molecular formula is C13H22N4O2. The highest BCUT2D eigenvalue weighted by Gasteiger charge is 2.22. The Labute approximate surface area is 114 Å². The van der Waals surface area contributed by atoms with E-state index in [0.29, 0.717) is 18.4 Å². The normalized spacial score (nSPS) is 20.4. The number of methoxy groups -OCH3 is 1. The number of hydrogen-bond donors (Lipinski definition) is 0. The zero-order chi connectivity index (χ0) is 13.7. The van der Waals surface area contributed by atoms with E-state index >= 15 is 0 Å². The minimum absolute atomic E-state index is 0.462. The molecule has 1 saturated heterocycles. The summed E-state index contributed by atoms with van der Waals surface area (Å²) in [6, 6.07) is 0. The molecule has 6 nitrogen and oxygen atoms in total. The lowest BCUT2D eigenvalue weighted by Crippen LogP contribution is -2.35. The third kappa shape index (κ3) is 3.78. The first-order chi connectivity index (χ1) is 9.20. The number of ether oxygens (including phenoxy) is 2. The van der Waals surface area contributed by atoms with Gasteiger partial charge in [0.2, 0.25) is 0 Å². The van der Waals surface area contributed by atoms with Crippen molar-refractivity contribution in [3.05, 3.63) is 12.4 Å². The van der Waals surface area contributed by atoms with Crippen LogP contribution < -0.4 is 9.64 Å². The van der Waals surface area contributed by atoms with Crippen LogP contribution in [-0.4, -0.2) is 68.9 Å². The molecule has 0 aromatic carbocycles. The topological polar surface area (TPSA) is 50.7 Å². The van der Waals surface area contributed by atoms with E-state index in [2.05, 4.69) is 33.9 Å². The molecule has 1 aliphatic rings. The molecule has 1 aromatic rings. The van der Waals surface area contributed by atoms with Crippen LogP contribution in [0.25, 0.3) is 0 Å². The third-order valence-electron chi connectivity index (χ3n) is 3.10. The van der Waals surface area contributed by atoms with Crippen molar-refractivity contribution in [2.24, 2.45) is 5.92 Å². The van der Waals surface area contributed by atoms with Crippen molar-refractivity contribution in [2.45, 2.75) is 0 Å².